The number of para-hydroxylation sites is 2. The molecule has 2 aromatic heterocycles. The largest absolute Gasteiger partial charge is 0.350 e. The molecule has 2 aromatic carbocycles. The molecule has 0 spiro atoms. The fraction of sp³-hybridized carbons (Fsp3) is 0.296. The van der Waals surface area contributed by atoms with Crippen LogP contribution in [-0.2, 0) is 6.54 Å². The molecule has 1 saturated heterocycles. The fourth-order valence-electron chi connectivity index (χ4n) is 4.68. The summed E-state index contributed by atoms with van der Waals surface area (Å²) in [5.74, 6) is 0.288. The lowest BCUT2D eigenvalue weighted by atomic mass is 9.99. The average molecular weight is 425 g/mol. The van der Waals surface area contributed by atoms with Crippen molar-refractivity contribution < 1.29 is 4.79 Å². The van der Waals surface area contributed by atoms with Crippen molar-refractivity contribution in [3.05, 3.63) is 83.7 Å². The van der Waals surface area contributed by atoms with Gasteiger partial charge >= 0.3 is 0 Å². The van der Waals surface area contributed by atoms with E-state index in [1.54, 1.807) is 0 Å². The van der Waals surface area contributed by atoms with Crippen molar-refractivity contribution in [2.24, 2.45) is 0 Å². The van der Waals surface area contributed by atoms with Gasteiger partial charge < -0.3 is 5.32 Å². The van der Waals surface area contributed by atoms with E-state index in [1.165, 1.54) is 10.9 Å². The number of hydrogen-bond donors (Lipinski definition) is 1. The summed E-state index contributed by atoms with van der Waals surface area (Å²) in [6.45, 7) is 6.82. The number of hydrogen-bond acceptors (Lipinski definition) is 4. The second kappa shape index (κ2) is 8.67. The number of carbonyl (C=O) groups is 1. The predicted octanol–water partition coefficient (Wildman–Crippen LogP) is 4.91. The van der Waals surface area contributed by atoms with Gasteiger partial charge in [-0.25, -0.2) is 0 Å². The summed E-state index contributed by atoms with van der Waals surface area (Å²) < 4.78 is 0. The highest BCUT2D eigenvalue weighted by molar-refractivity contribution is 6.06. The Bertz CT molecular complexity index is 1280. The number of carbonyl (C=O) groups excluding carboxylic acids is 1. The third kappa shape index (κ3) is 4.08. The lowest BCUT2D eigenvalue weighted by Crippen LogP contribution is -2.30. The molecule has 5 rings (SSSR count). The monoisotopic (exact) mass is 424 g/mol. The van der Waals surface area contributed by atoms with Crippen LogP contribution in [0.25, 0.3) is 21.8 Å². The van der Waals surface area contributed by atoms with Crippen molar-refractivity contribution in [2.75, 3.05) is 13.1 Å². The Morgan fingerprint density at radius 3 is 2.62 bits per heavy atom. The first-order valence-electron chi connectivity index (χ1n) is 11.3. The Hall–Kier alpha value is -3.31. The summed E-state index contributed by atoms with van der Waals surface area (Å²) in [6, 6.07) is 20.5. The van der Waals surface area contributed by atoms with Crippen molar-refractivity contribution in [1.29, 1.82) is 0 Å². The van der Waals surface area contributed by atoms with Gasteiger partial charge in [0.1, 0.15) is 0 Å². The summed E-state index contributed by atoms with van der Waals surface area (Å²) in [4.78, 5) is 24.8. The number of nitrogens with zero attached hydrogens (tertiary/aromatic N) is 3. The Morgan fingerprint density at radius 2 is 1.81 bits per heavy atom. The number of nitrogens with one attached hydrogen (secondary N) is 1. The molecule has 3 heterocycles. The molecule has 1 fully saturated rings. The quantitative estimate of drug-likeness (QED) is 0.495. The summed E-state index contributed by atoms with van der Waals surface area (Å²) in [5, 5.41) is 5.17. The van der Waals surface area contributed by atoms with Gasteiger partial charge in [-0.15, -0.1) is 0 Å². The highest BCUT2D eigenvalue weighted by atomic mass is 16.1. The number of benzene rings is 2. The zero-order valence-corrected chi connectivity index (χ0v) is 18.6. The van der Waals surface area contributed by atoms with Crippen LogP contribution in [0.2, 0.25) is 0 Å². The van der Waals surface area contributed by atoms with Crippen LogP contribution < -0.4 is 5.32 Å². The summed E-state index contributed by atoms with van der Waals surface area (Å²) in [7, 11) is 0. The van der Waals surface area contributed by atoms with E-state index in [2.05, 4.69) is 39.5 Å². The maximum Gasteiger partial charge on any atom is 0.252 e. The van der Waals surface area contributed by atoms with Gasteiger partial charge in [-0.05, 0) is 56.6 Å². The van der Waals surface area contributed by atoms with Gasteiger partial charge in [0, 0.05) is 47.7 Å². The predicted molar refractivity (Wildman–Crippen MR) is 129 cm³/mol. The van der Waals surface area contributed by atoms with E-state index in [9.17, 15) is 4.79 Å². The van der Waals surface area contributed by atoms with Crippen LogP contribution in [0.3, 0.4) is 0 Å². The fourth-order valence-corrected chi connectivity index (χ4v) is 4.68. The van der Waals surface area contributed by atoms with Crippen LogP contribution in [0.5, 0.6) is 0 Å². The third-order valence-electron chi connectivity index (χ3n) is 6.22. The van der Waals surface area contributed by atoms with E-state index in [0.717, 1.165) is 53.7 Å². The van der Waals surface area contributed by atoms with Gasteiger partial charge in [-0.3, -0.25) is 19.7 Å². The smallest absolute Gasteiger partial charge is 0.252 e. The van der Waals surface area contributed by atoms with Crippen LogP contribution >= 0.6 is 0 Å². The molecule has 0 radical (unpaired) electrons. The Morgan fingerprint density at radius 1 is 1.06 bits per heavy atom. The van der Waals surface area contributed by atoms with E-state index >= 15 is 0 Å². The molecule has 0 saturated carbocycles. The highest BCUT2D eigenvalue weighted by Crippen LogP contribution is 2.31. The number of fused-ring (bicyclic) bond motifs is 2. The van der Waals surface area contributed by atoms with Crippen molar-refractivity contribution in [3.63, 3.8) is 0 Å². The van der Waals surface area contributed by atoms with Crippen LogP contribution in [0.15, 0.2) is 66.9 Å². The molecule has 0 unspecified atom stereocenters. The van der Waals surface area contributed by atoms with Crippen molar-refractivity contribution >= 4 is 27.7 Å². The van der Waals surface area contributed by atoms with Gasteiger partial charge in [0.25, 0.3) is 5.91 Å². The van der Waals surface area contributed by atoms with Gasteiger partial charge in [0.05, 0.1) is 16.6 Å². The van der Waals surface area contributed by atoms with Gasteiger partial charge in [0.15, 0.2) is 0 Å². The van der Waals surface area contributed by atoms with Gasteiger partial charge in [-0.2, -0.15) is 0 Å². The maximum absolute atomic E-state index is 12.9. The van der Waals surface area contributed by atoms with Crippen LogP contribution in [0.4, 0.5) is 0 Å². The molecule has 5 nitrogen and oxygen atoms in total. The number of pyridine rings is 2. The van der Waals surface area contributed by atoms with Gasteiger partial charge in [-0.1, -0.05) is 36.4 Å². The molecule has 0 aliphatic carbocycles. The van der Waals surface area contributed by atoms with Crippen LogP contribution in [0, 0.1) is 0 Å². The first-order valence-corrected chi connectivity index (χ1v) is 11.3. The van der Waals surface area contributed by atoms with E-state index in [-0.39, 0.29) is 11.9 Å². The molecule has 4 aromatic rings. The minimum absolute atomic E-state index is 0.0297. The Labute approximate surface area is 188 Å². The van der Waals surface area contributed by atoms with Crippen molar-refractivity contribution in [2.45, 2.75) is 38.8 Å². The molecular formula is C27H28N4O. The van der Waals surface area contributed by atoms with Crippen LogP contribution in [0.1, 0.15) is 47.8 Å². The average Bonchev–Trinajstić information content (AvgIpc) is 3.27. The van der Waals surface area contributed by atoms with Crippen molar-refractivity contribution in [3.8, 4) is 0 Å². The molecule has 1 amide bonds. The number of likely N-dealkylation sites (tertiary alicyclic amines) is 1. The van der Waals surface area contributed by atoms with E-state index in [1.807, 2.05) is 56.4 Å². The van der Waals surface area contributed by atoms with E-state index < -0.39 is 0 Å². The molecule has 1 atom stereocenters. The lowest BCUT2D eigenvalue weighted by molar-refractivity contribution is 0.0944. The number of amides is 1. The first kappa shape index (κ1) is 20.6. The first-order chi connectivity index (χ1) is 15.6. The highest BCUT2D eigenvalue weighted by Gasteiger charge is 2.27. The lowest BCUT2D eigenvalue weighted by Gasteiger charge is -2.18. The summed E-state index contributed by atoms with van der Waals surface area (Å²) in [6.07, 6.45) is 2.94. The molecule has 5 heteroatoms. The zero-order chi connectivity index (χ0) is 22.1. The molecule has 1 N–H and O–H groups in total. The second-order valence-electron chi connectivity index (χ2n) is 8.95. The van der Waals surface area contributed by atoms with Crippen molar-refractivity contribution in [1.82, 2.24) is 20.2 Å². The molecule has 0 bridgehead atoms. The molecule has 1 aliphatic rings. The van der Waals surface area contributed by atoms with E-state index in [4.69, 9.17) is 4.98 Å². The number of aromatic nitrogens is 2. The SMILES string of the molecule is CC(C)NC(=O)c1cc([C@@H]2CCN(Cc3ccnc4ccccc34)C2)nc2ccccc12. The summed E-state index contributed by atoms with van der Waals surface area (Å²) in [5.41, 5.74) is 4.97. The Balaban J connectivity index is 1.41. The minimum atomic E-state index is -0.0297. The molecular weight excluding hydrogens is 396 g/mol. The normalized spacial score (nSPS) is 16.8. The number of rotatable bonds is 5. The second-order valence-corrected chi connectivity index (χ2v) is 8.95. The molecule has 162 valence electrons. The molecule has 1 aliphatic heterocycles. The topological polar surface area (TPSA) is 58.1 Å². The third-order valence-corrected chi connectivity index (χ3v) is 6.22. The molecule has 32 heavy (non-hydrogen) atoms. The van der Waals surface area contributed by atoms with Gasteiger partial charge in [0.2, 0.25) is 0 Å². The Kier molecular flexibility index (Phi) is 5.58. The standard InChI is InChI=1S/C27H28N4O/c1-18(2)29-27(32)23-15-26(30-25-10-6-4-8-22(23)25)20-12-14-31(17-20)16-19-11-13-28-24-9-5-3-7-21(19)24/h3-11,13,15,18,20H,12,14,16-17H2,1-2H3,(H,29,32)/t20-/m1/s1. The minimum Gasteiger partial charge on any atom is -0.350 e. The van der Waals surface area contributed by atoms with E-state index in [0.29, 0.717) is 5.92 Å². The zero-order valence-electron chi connectivity index (χ0n) is 18.6. The summed E-state index contributed by atoms with van der Waals surface area (Å²) >= 11 is 0. The van der Waals surface area contributed by atoms with Crippen LogP contribution in [-0.4, -0.2) is 39.9 Å². The maximum atomic E-state index is 12.9.